The zero-order valence-corrected chi connectivity index (χ0v) is 9.67. The Balaban J connectivity index is 2.39. The van der Waals surface area contributed by atoms with Gasteiger partial charge in [-0.1, -0.05) is 6.07 Å². The van der Waals surface area contributed by atoms with Crippen LogP contribution in [0.3, 0.4) is 0 Å². The molecule has 1 heterocycles. The number of hydrogen-bond donors (Lipinski definition) is 1. The summed E-state index contributed by atoms with van der Waals surface area (Å²) in [5.74, 6) is -0.787. The zero-order chi connectivity index (χ0) is 12.4. The number of nitrogens with one attached hydrogen (secondary N) is 1. The van der Waals surface area contributed by atoms with Crippen molar-refractivity contribution in [2.75, 3.05) is 5.32 Å². The number of nitrogens with zero attached hydrogens (tertiary/aromatic N) is 2. The Bertz CT molecular complexity index is 535. The van der Waals surface area contributed by atoms with E-state index >= 15 is 0 Å². The third-order valence-electron chi connectivity index (χ3n) is 2.58. The topological polar surface area (TPSA) is 29.9 Å². The Morgan fingerprint density at radius 1 is 1.35 bits per heavy atom. The molecule has 5 heteroatoms. The molecule has 0 saturated carbocycles. The van der Waals surface area contributed by atoms with E-state index < -0.39 is 11.6 Å². The first-order chi connectivity index (χ1) is 8.13. The van der Waals surface area contributed by atoms with Gasteiger partial charge in [-0.2, -0.15) is 0 Å². The van der Waals surface area contributed by atoms with E-state index in [2.05, 4.69) is 10.3 Å². The highest BCUT2D eigenvalue weighted by Gasteiger charge is 2.13. The van der Waals surface area contributed by atoms with Gasteiger partial charge in [0.2, 0.25) is 5.95 Å². The van der Waals surface area contributed by atoms with Crippen LogP contribution in [-0.2, 0) is 6.54 Å². The molecule has 90 valence electrons. The number of hydrogen-bond acceptors (Lipinski definition) is 2. The van der Waals surface area contributed by atoms with Gasteiger partial charge in [-0.3, -0.25) is 0 Å². The first kappa shape index (κ1) is 11.6. The Morgan fingerprint density at radius 3 is 2.82 bits per heavy atom. The fourth-order valence-corrected chi connectivity index (χ4v) is 1.57. The summed E-state index contributed by atoms with van der Waals surface area (Å²) < 4.78 is 29.0. The molecule has 1 aromatic carbocycles. The summed E-state index contributed by atoms with van der Waals surface area (Å²) in [5, 5.41) is 2.68. The maximum atomic E-state index is 13.8. The van der Waals surface area contributed by atoms with Crippen LogP contribution in [0.5, 0.6) is 0 Å². The molecule has 0 unspecified atom stereocenters. The van der Waals surface area contributed by atoms with Crippen molar-refractivity contribution < 1.29 is 8.78 Å². The van der Waals surface area contributed by atoms with Crippen molar-refractivity contribution in [2.24, 2.45) is 0 Å². The fraction of sp³-hybridized carbons (Fsp3) is 0.250. The van der Waals surface area contributed by atoms with Gasteiger partial charge in [0.1, 0.15) is 11.5 Å². The molecule has 17 heavy (non-hydrogen) atoms. The molecule has 2 aromatic rings. The summed E-state index contributed by atoms with van der Waals surface area (Å²) in [6.45, 7) is 4.19. The first-order valence-corrected chi connectivity index (χ1v) is 5.36. The van der Waals surface area contributed by atoms with Gasteiger partial charge in [0.05, 0.1) is 0 Å². The Hall–Kier alpha value is -1.91. The molecule has 0 bridgehead atoms. The second-order valence-corrected chi connectivity index (χ2v) is 3.72. The molecular formula is C12H13F2N3. The van der Waals surface area contributed by atoms with E-state index in [1.54, 1.807) is 23.9 Å². The summed E-state index contributed by atoms with van der Waals surface area (Å²) in [7, 11) is 0. The van der Waals surface area contributed by atoms with Gasteiger partial charge in [-0.15, -0.1) is 0 Å². The van der Waals surface area contributed by atoms with Crippen molar-refractivity contribution >= 4 is 11.6 Å². The molecule has 2 rings (SSSR count). The maximum Gasteiger partial charge on any atom is 0.207 e. The summed E-state index contributed by atoms with van der Waals surface area (Å²) in [5.41, 5.74) is 0.231. The number of anilines is 2. The number of aryl methyl sites for hydroxylation is 2. The van der Waals surface area contributed by atoms with Crippen LogP contribution in [0, 0.1) is 18.6 Å². The van der Waals surface area contributed by atoms with E-state index in [0.29, 0.717) is 18.1 Å². The molecule has 1 N–H and O–H groups in total. The predicted octanol–water partition coefficient (Wildman–Crippen LogP) is 3.23. The van der Waals surface area contributed by atoms with Crippen LogP contribution in [-0.4, -0.2) is 9.55 Å². The van der Waals surface area contributed by atoms with Crippen LogP contribution in [0.15, 0.2) is 24.5 Å². The van der Waals surface area contributed by atoms with Crippen LogP contribution in [0.4, 0.5) is 20.4 Å². The molecule has 0 aliphatic heterocycles. The van der Waals surface area contributed by atoms with Gasteiger partial charge in [0.15, 0.2) is 5.82 Å². The summed E-state index contributed by atoms with van der Waals surface area (Å²) >= 11 is 0. The second kappa shape index (κ2) is 4.53. The van der Waals surface area contributed by atoms with Crippen molar-refractivity contribution in [3.63, 3.8) is 0 Å². The number of imidazole rings is 1. The minimum atomic E-state index is -0.626. The van der Waals surface area contributed by atoms with Crippen LogP contribution in [0.2, 0.25) is 0 Å². The van der Waals surface area contributed by atoms with Crippen LogP contribution in [0.1, 0.15) is 12.5 Å². The lowest BCUT2D eigenvalue weighted by Gasteiger charge is -2.10. The van der Waals surface area contributed by atoms with E-state index in [0.717, 1.165) is 0 Å². The highest BCUT2D eigenvalue weighted by atomic mass is 19.1. The molecule has 0 radical (unpaired) electrons. The van der Waals surface area contributed by atoms with Crippen LogP contribution in [0.25, 0.3) is 0 Å². The van der Waals surface area contributed by atoms with E-state index in [9.17, 15) is 8.78 Å². The number of rotatable bonds is 3. The van der Waals surface area contributed by atoms with E-state index in [-0.39, 0.29) is 5.69 Å². The number of aromatic nitrogens is 2. The smallest absolute Gasteiger partial charge is 0.207 e. The SMILES string of the molecule is CCn1ccnc1Nc1c(F)ccc(C)c1F. The van der Waals surface area contributed by atoms with Gasteiger partial charge in [-0.05, 0) is 25.5 Å². The quantitative estimate of drug-likeness (QED) is 0.888. The summed E-state index contributed by atoms with van der Waals surface area (Å²) in [6, 6.07) is 2.64. The molecule has 3 nitrogen and oxygen atoms in total. The average Bonchev–Trinajstić information content (AvgIpc) is 2.77. The monoisotopic (exact) mass is 237 g/mol. The molecule has 0 amide bonds. The van der Waals surface area contributed by atoms with Gasteiger partial charge in [0.25, 0.3) is 0 Å². The predicted molar refractivity (Wildman–Crippen MR) is 62.3 cm³/mol. The number of halogens is 2. The molecular weight excluding hydrogens is 224 g/mol. The van der Waals surface area contributed by atoms with Crippen molar-refractivity contribution in [2.45, 2.75) is 20.4 Å². The minimum absolute atomic E-state index is 0.161. The largest absolute Gasteiger partial charge is 0.321 e. The molecule has 0 atom stereocenters. The lowest BCUT2D eigenvalue weighted by molar-refractivity contribution is 0.584. The zero-order valence-electron chi connectivity index (χ0n) is 9.67. The minimum Gasteiger partial charge on any atom is -0.321 e. The number of benzene rings is 1. The Labute approximate surface area is 98.1 Å². The van der Waals surface area contributed by atoms with Crippen molar-refractivity contribution in [3.8, 4) is 0 Å². The van der Waals surface area contributed by atoms with Gasteiger partial charge >= 0.3 is 0 Å². The Kier molecular flexibility index (Phi) is 3.08. The summed E-state index contributed by atoms with van der Waals surface area (Å²) in [4.78, 5) is 4.01. The van der Waals surface area contributed by atoms with Crippen LogP contribution >= 0.6 is 0 Å². The highest BCUT2D eigenvalue weighted by molar-refractivity contribution is 5.56. The van der Waals surface area contributed by atoms with E-state index in [1.165, 1.54) is 12.1 Å². The lowest BCUT2D eigenvalue weighted by atomic mass is 10.2. The standard InChI is InChI=1S/C12H13F2N3/c1-3-17-7-6-15-12(17)16-11-9(13)5-4-8(2)10(11)14/h4-7H,3H2,1-2H3,(H,15,16). The molecule has 0 spiro atoms. The average molecular weight is 237 g/mol. The van der Waals surface area contributed by atoms with Gasteiger partial charge in [0, 0.05) is 18.9 Å². The van der Waals surface area contributed by atoms with Crippen molar-refractivity contribution in [1.82, 2.24) is 9.55 Å². The third kappa shape index (κ3) is 2.13. The van der Waals surface area contributed by atoms with Crippen molar-refractivity contribution in [1.29, 1.82) is 0 Å². The van der Waals surface area contributed by atoms with Gasteiger partial charge < -0.3 is 9.88 Å². The van der Waals surface area contributed by atoms with E-state index in [1.807, 2.05) is 6.92 Å². The molecule has 0 saturated heterocycles. The first-order valence-electron chi connectivity index (χ1n) is 5.36. The fourth-order valence-electron chi connectivity index (χ4n) is 1.57. The van der Waals surface area contributed by atoms with Crippen LogP contribution < -0.4 is 5.32 Å². The molecule has 0 fully saturated rings. The Morgan fingerprint density at radius 2 is 2.12 bits per heavy atom. The molecule has 0 aliphatic rings. The highest BCUT2D eigenvalue weighted by Crippen LogP contribution is 2.24. The third-order valence-corrected chi connectivity index (χ3v) is 2.58. The normalized spacial score (nSPS) is 10.6. The summed E-state index contributed by atoms with van der Waals surface area (Å²) in [6.07, 6.45) is 3.32. The maximum absolute atomic E-state index is 13.8. The van der Waals surface area contributed by atoms with Gasteiger partial charge in [-0.25, -0.2) is 13.8 Å². The van der Waals surface area contributed by atoms with E-state index in [4.69, 9.17) is 0 Å². The lowest BCUT2D eigenvalue weighted by Crippen LogP contribution is -2.05. The molecule has 1 aromatic heterocycles. The second-order valence-electron chi connectivity index (χ2n) is 3.72. The van der Waals surface area contributed by atoms with Crippen molar-refractivity contribution in [3.05, 3.63) is 41.7 Å². The molecule has 0 aliphatic carbocycles.